The zero-order valence-corrected chi connectivity index (χ0v) is 15.7. The van der Waals surface area contributed by atoms with Crippen molar-refractivity contribution in [2.45, 2.75) is 6.42 Å². The molecule has 1 aliphatic rings. The molecule has 0 aromatic carbocycles. The zero-order valence-electron chi connectivity index (χ0n) is 14.0. The van der Waals surface area contributed by atoms with Crippen LogP contribution in [0.2, 0.25) is 0 Å². The van der Waals surface area contributed by atoms with E-state index in [-0.39, 0.29) is 12.5 Å². The van der Waals surface area contributed by atoms with Crippen molar-refractivity contribution in [1.82, 2.24) is 25.3 Å². The summed E-state index contributed by atoms with van der Waals surface area (Å²) in [5.41, 5.74) is 1.22. The molecule has 26 heavy (non-hydrogen) atoms. The monoisotopic (exact) mass is 391 g/mol. The van der Waals surface area contributed by atoms with Crippen molar-refractivity contribution >= 4 is 40.5 Å². The molecular weight excluding hydrogens is 374 g/mol. The predicted octanol–water partition coefficient (Wildman–Crippen LogP) is 1.32. The summed E-state index contributed by atoms with van der Waals surface area (Å²) in [7, 11) is 1.31. The number of thiazole rings is 1. The quantitative estimate of drug-likeness (QED) is 0.617. The van der Waals surface area contributed by atoms with E-state index in [0.29, 0.717) is 23.9 Å². The molecule has 0 spiro atoms. The van der Waals surface area contributed by atoms with Gasteiger partial charge in [-0.15, -0.1) is 11.3 Å². The number of hydrogen-bond donors (Lipinski definition) is 1. The van der Waals surface area contributed by atoms with E-state index in [1.165, 1.54) is 18.4 Å². The van der Waals surface area contributed by atoms with Crippen molar-refractivity contribution < 1.29 is 14.3 Å². The number of nitrogens with zero attached hydrogens (tertiary/aromatic N) is 4. The molecule has 1 amide bonds. The lowest BCUT2D eigenvalue weighted by molar-refractivity contribution is -0.139. The average molecular weight is 391 g/mol. The lowest BCUT2D eigenvalue weighted by atomic mass is 10.3. The minimum Gasteiger partial charge on any atom is -0.468 e. The lowest BCUT2D eigenvalue weighted by Crippen LogP contribution is -2.50. The normalized spacial score (nSPS) is 13.6. The number of hydrazine groups is 1. The van der Waals surface area contributed by atoms with Gasteiger partial charge in [0.1, 0.15) is 17.2 Å². The summed E-state index contributed by atoms with van der Waals surface area (Å²) in [6, 6.07) is 3.72. The van der Waals surface area contributed by atoms with Gasteiger partial charge in [-0.1, -0.05) is 0 Å². The maximum Gasteiger partial charge on any atom is 0.325 e. The molecule has 0 aliphatic carbocycles. The average Bonchev–Trinajstić information content (AvgIpc) is 3.35. The number of pyridine rings is 1. The Morgan fingerprint density at radius 2 is 2.19 bits per heavy atom. The molecule has 1 fully saturated rings. The number of methoxy groups -OCH3 is 1. The second-order valence-corrected chi connectivity index (χ2v) is 6.66. The van der Waals surface area contributed by atoms with Gasteiger partial charge in [-0.25, -0.2) is 9.99 Å². The van der Waals surface area contributed by atoms with Crippen molar-refractivity contribution in [3.8, 4) is 10.6 Å². The number of nitrogens with one attached hydrogen (secondary N) is 1. The topological polar surface area (TPSA) is 87.7 Å². The van der Waals surface area contributed by atoms with Crippen LogP contribution in [0.15, 0.2) is 29.9 Å². The maximum absolute atomic E-state index is 12.8. The van der Waals surface area contributed by atoms with Crippen LogP contribution < -0.4 is 5.32 Å². The third kappa shape index (κ3) is 3.97. The highest BCUT2D eigenvalue weighted by Gasteiger charge is 2.31. The number of ether oxygens (including phenoxy) is 1. The summed E-state index contributed by atoms with van der Waals surface area (Å²) in [5.74, 6) is -0.652. The highest BCUT2D eigenvalue weighted by atomic mass is 32.1. The van der Waals surface area contributed by atoms with Crippen LogP contribution in [0.4, 0.5) is 0 Å². The Morgan fingerprint density at radius 3 is 2.92 bits per heavy atom. The first-order chi connectivity index (χ1) is 12.6. The fourth-order valence-electron chi connectivity index (χ4n) is 2.47. The number of aromatic nitrogens is 2. The Hall–Kier alpha value is -2.59. The van der Waals surface area contributed by atoms with Gasteiger partial charge in [-0.2, -0.15) is 0 Å². The zero-order chi connectivity index (χ0) is 18.5. The Bertz CT molecular complexity index is 811. The Balaban J connectivity index is 1.69. The van der Waals surface area contributed by atoms with Crippen LogP contribution >= 0.6 is 23.6 Å². The van der Waals surface area contributed by atoms with E-state index in [9.17, 15) is 9.59 Å². The second-order valence-electron chi connectivity index (χ2n) is 5.42. The van der Waals surface area contributed by atoms with Crippen molar-refractivity contribution in [1.29, 1.82) is 0 Å². The summed E-state index contributed by atoms with van der Waals surface area (Å²) in [5, 5.41) is 8.78. The van der Waals surface area contributed by atoms with Crippen LogP contribution in [0, 0.1) is 0 Å². The fourth-order valence-corrected chi connectivity index (χ4v) is 3.52. The summed E-state index contributed by atoms with van der Waals surface area (Å²) >= 11 is 6.68. The first-order valence-electron chi connectivity index (χ1n) is 7.90. The van der Waals surface area contributed by atoms with E-state index in [1.807, 2.05) is 12.1 Å². The van der Waals surface area contributed by atoms with Gasteiger partial charge in [0.2, 0.25) is 0 Å². The predicted molar refractivity (Wildman–Crippen MR) is 100 cm³/mol. The fraction of sp³-hybridized carbons (Fsp3) is 0.312. The molecule has 0 atom stereocenters. The molecular formula is C16H17N5O3S2. The van der Waals surface area contributed by atoms with E-state index in [2.05, 4.69) is 20.0 Å². The Labute approximate surface area is 159 Å². The Morgan fingerprint density at radius 1 is 1.38 bits per heavy atom. The molecule has 2 aromatic heterocycles. The lowest BCUT2D eigenvalue weighted by Gasteiger charge is -2.29. The SMILES string of the molecule is COC(=O)CNC(=S)N1CCCN1C(=O)c1csc(-c2cccnc2)n1. The molecule has 0 radical (unpaired) electrons. The molecule has 1 saturated heterocycles. The molecule has 1 aliphatic heterocycles. The van der Waals surface area contributed by atoms with E-state index in [4.69, 9.17) is 12.2 Å². The molecule has 10 heteroatoms. The number of carbonyl (C=O) groups is 2. The first-order valence-corrected chi connectivity index (χ1v) is 9.19. The number of rotatable bonds is 4. The van der Waals surface area contributed by atoms with Crippen molar-refractivity contribution in [2.75, 3.05) is 26.7 Å². The van der Waals surface area contributed by atoms with E-state index in [1.54, 1.807) is 27.8 Å². The largest absolute Gasteiger partial charge is 0.468 e. The van der Waals surface area contributed by atoms with Crippen LogP contribution in [0.25, 0.3) is 10.6 Å². The molecule has 2 aromatic rings. The molecule has 136 valence electrons. The number of esters is 1. The van der Waals surface area contributed by atoms with Gasteiger partial charge in [0.15, 0.2) is 5.11 Å². The molecule has 1 N–H and O–H groups in total. The summed E-state index contributed by atoms with van der Waals surface area (Å²) in [6.07, 6.45) is 4.18. The van der Waals surface area contributed by atoms with Crippen LogP contribution in [0.5, 0.6) is 0 Å². The summed E-state index contributed by atoms with van der Waals surface area (Å²) in [4.78, 5) is 32.6. The van der Waals surface area contributed by atoms with Gasteiger partial charge >= 0.3 is 5.97 Å². The van der Waals surface area contributed by atoms with Crippen molar-refractivity contribution in [3.05, 3.63) is 35.6 Å². The molecule has 0 bridgehead atoms. The number of hydrogen-bond acceptors (Lipinski definition) is 7. The first kappa shape index (κ1) is 18.2. The standard InChI is InChI=1S/C16H17N5O3S2/c1-24-13(22)9-18-16(25)21-7-3-6-20(21)15(23)12-10-26-14(19-12)11-4-2-5-17-8-11/h2,4-5,8,10H,3,6-7,9H2,1H3,(H,18,25). The number of amides is 1. The summed E-state index contributed by atoms with van der Waals surface area (Å²) < 4.78 is 4.58. The number of carbonyl (C=O) groups excluding carboxylic acids is 2. The minimum atomic E-state index is -0.426. The van der Waals surface area contributed by atoms with Crippen LogP contribution in [0.1, 0.15) is 16.9 Å². The van der Waals surface area contributed by atoms with Gasteiger partial charge in [0.05, 0.1) is 7.11 Å². The molecule has 0 unspecified atom stereocenters. The highest BCUT2D eigenvalue weighted by Crippen LogP contribution is 2.24. The molecule has 0 saturated carbocycles. The van der Waals surface area contributed by atoms with Crippen LogP contribution in [0.3, 0.4) is 0 Å². The smallest absolute Gasteiger partial charge is 0.325 e. The van der Waals surface area contributed by atoms with Crippen LogP contribution in [-0.2, 0) is 9.53 Å². The van der Waals surface area contributed by atoms with E-state index in [0.717, 1.165) is 17.0 Å². The molecule has 3 heterocycles. The Kier molecular flexibility index (Phi) is 5.74. The van der Waals surface area contributed by atoms with Gasteiger partial charge in [0, 0.05) is 36.4 Å². The highest BCUT2D eigenvalue weighted by molar-refractivity contribution is 7.80. The third-order valence-corrected chi connectivity index (χ3v) is 4.99. The van der Waals surface area contributed by atoms with Gasteiger partial charge in [-0.05, 0) is 30.8 Å². The van der Waals surface area contributed by atoms with Gasteiger partial charge in [-0.3, -0.25) is 19.6 Å². The van der Waals surface area contributed by atoms with Gasteiger partial charge < -0.3 is 10.1 Å². The second kappa shape index (κ2) is 8.19. The van der Waals surface area contributed by atoms with E-state index >= 15 is 0 Å². The van der Waals surface area contributed by atoms with E-state index < -0.39 is 5.97 Å². The maximum atomic E-state index is 12.8. The summed E-state index contributed by atoms with van der Waals surface area (Å²) in [6.45, 7) is 1.09. The number of thiocarbonyl (C=S) groups is 1. The van der Waals surface area contributed by atoms with Crippen molar-refractivity contribution in [3.63, 3.8) is 0 Å². The van der Waals surface area contributed by atoms with Crippen LogP contribution in [-0.4, -0.2) is 63.7 Å². The van der Waals surface area contributed by atoms with Crippen molar-refractivity contribution in [2.24, 2.45) is 0 Å². The molecule has 8 nitrogen and oxygen atoms in total. The third-order valence-electron chi connectivity index (χ3n) is 3.74. The van der Waals surface area contributed by atoms with Gasteiger partial charge in [0.25, 0.3) is 5.91 Å². The molecule has 3 rings (SSSR count). The minimum absolute atomic E-state index is 0.0459.